The van der Waals surface area contributed by atoms with Crippen molar-refractivity contribution in [3.8, 4) is 5.75 Å². The number of halogens is 1. The predicted molar refractivity (Wildman–Crippen MR) is 106 cm³/mol. The van der Waals surface area contributed by atoms with Crippen LogP contribution in [0.2, 0.25) is 5.02 Å². The third-order valence-electron chi connectivity index (χ3n) is 5.04. The maximum absolute atomic E-state index is 12.7. The van der Waals surface area contributed by atoms with Crippen LogP contribution in [0.4, 0.5) is 5.69 Å². The van der Waals surface area contributed by atoms with Crippen molar-refractivity contribution in [2.24, 2.45) is 0 Å². The number of anilines is 1. The van der Waals surface area contributed by atoms with Crippen LogP contribution in [-0.2, 0) is 11.2 Å². The van der Waals surface area contributed by atoms with E-state index >= 15 is 0 Å². The van der Waals surface area contributed by atoms with Crippen LogP contribution in [0, 0.1) is 13.8 Å². The highest BCUT2D eigenvalue weighted by Gasteiger charge is 2.23. The number of methoxy groups -OCH3 is 1. The third-order valence-corrected chi connectivity index (χ3v) is 5.44. The number of amides is 1. The number of piperazine rings is 1. The average Bonchev–Trinajstić information content (AvgIpc) is 2.65. The van der Waals surface area contributed by atoms with Crippen molar-refractivity contribution in [2.45, 2.75) is 20.3 Å². The summed E-state index contributed by atoms with van der Waals surface area (Å²) in [5.74, 6) is 0.971. The number of benzene rings is 2. The topological polar surface area (TPSA) is 32.8 Å². The van der Waals surface area contributed by atoms with Crippen LogP contribution < -0.4 is 9.64 Å². The maximum Gasteiger partial charge on any atom is 0.227 e. The molecular formula is C21H25ClN2O2. The largest absolute Gasteiger partial charge is 0.495 e. The minimum atomic E-state index is 0.193. The van der Waals surface area contributed by atoms with Gasteiger partial charge in [-0.25, -0.2) is 0 Å². The van der Waals surface area contributed by atoms with Crippen molar-refractivity contribution in [1.29, 1.82) is 0 Å². The minimum absolute atomic E-state index is 0.193. The number of rotatable bonds is 4. The fraction of sp³-hybridized carbons (Fsp3) is 0.381. The Labute approximate surface area is 160 Å². The normalized spacial score (nSPS) is 14.5. The second-order valence-corrected chi connectivity index (χ2v) is 7.15. The second-order valence-electron chi connectivity index (χ2n) is 6.74. The molecule has 0 unspecified atom stereocenters. The lowest BCUT2D eigenvalue weighted by atomic mass is 10.1. The van der Waals surface area contributed by atoms with E-state index in [0.717, 1.165) is 48.7 Å². The van der Waals surface area contributed by atoms with Gasteiger partial charge in [-0.05, 0) is 36.6 Å². The molecule has 0 bridgehead atoms. The monoisotopic (exact) mass is 372 g/mol. The van der Waals surface area contributed by atoms with Crippen LogP contribution in [0.1, 0.15) is 16.7 Å². The number of carbonyl (C=O) groups excluding carboxylic acids is 1. The Morgan fingerprint density at radius 3 is 2.42 bits per heavy atom. The first-order chi connectivity index (χ1) is 12.5. The lowest BCUT2D eigenvalue weighted by molar-refractivity contribution is -0.130. The molecule has 0 spiro atoms. The number of aryl methyl sites for hydroxylation is 2. The first-order valence-corrected chi connectivity index (χ1v) is 9.28. The van der Waals surface area contributed by atoms with Crippen LogP contribution in [-0.4, -0.2) is 44.1 Å². The van der Waals surface area contributed by atoms with Crippen LogP contribution in [0.3, 0.4) is 0 Å². The van der Waals surface area contributed by atoms with Gasteiger partial charge >= 0.3 is 0 Å². The molecule has 26 heavy (non-hydrogen) atoms. The Hall–Kier alpha value is -2.20. The standard InChI is InChI=1S/C21H25ClN2O2/c1-15-6-4-5-7-17(15)13-21(25)24-10-8-23(9-11-24)19-12-16(2)18(22)14-20(19)26-3/h4-7,12,14H,8-11,13H2,1-3H3. The summed E-state index contributed by atoms with van der Waals surface area (Å²) in [7, 11) is 1.66. The molecule has 0 radical (unpaired) electrons. The van der Waals surface area contributed by atoms with E-state index in [2.05, 4.69) is 24.0 Å². The van der Waals surface area contributed by atoms with E-state index in [1.807, 2.05) is 36.1 Å². The molecule has 1 amide bonds. The van der Waals surface area contributed by atoms with E-state index in [1.54, 1.807) is 7.11 Å². The lowest BCUT2D eigenvalue weighted by Crippen LogP contribution is -2.49. The van der Waals surface area contributed by atoms with Crippen molar-refractivity contribution in [2.75, 3.05) is 38.2 Å². The molecule has 5 heteroatoms. The number of nitrogens with zero attached hydrogens (tertiary/aromatic N) is 2. The molecule has 1 saturated heterocycles. The van der Waals surface area contributed by atoms with E-state index in [4.69, 9.17) is 16.3 Å². The Balaban J connectivity index is 1.65. The summed E-state index contributed by atoms with van der Waals surface area (Å²) in [6.07, 6.45) is 0.468. The van der Waals surface area contributed by atoms with Gasteiger partial charge in [-0.15, -0.1) is 0 Å². The van der Waals surface area contributed by atoms with Gasteiger partial charge in [0.25, 0.3) is 0 Å². The van der Waals surface area contributed by atoms with Gasteiger partial charge in [0.05, 0.1) is 19.2 Å². The summed E-state index contributed by atoms with van der Waals surface area (Å²) >= 11 is 6.21. The number of carbonyl (C=O) groups is 1. The van der Waals surface area contributed by atoms with Gasteiger partial charge in [0.15, 0.2) is 0 Å². The molecule has 138 valence electrons. The number of hydrogen-bond acceptors (Lipinski definition) is 3. The first-order valence-electron chi connectivity index (χ1n) is 8.91. The third kappa shape index (κ3) is 3.96. The molecule has 1 aliphatic rings. The van der Waals surface area contributed by atoms with E-state index in [9.17, 15) is 4.79 Å². The van der Waals surface area contributed by atoms with Crippen molar-refractivity contribution >= 4 is 23.2 Å². The summed E-state index contributed by atoms with van der Waals surface area (Å²) in [4.78, 5) is 16.9. The Bertz CT molecular complexity index is 799. The fourth-order valence-corrected chi connectivity index (χ4v) is 3.49. The Morgan fingerprint density at radius 1 is 1.08 bits per heavy atom. The zero-order valence-electron chi connectivity index (χ0n) is 15.6. The molecule has 0 N–H and O–H groups in total. The van der Waals surface area contributed by atoms with Crippen LogP contribution >= 0.6 is 11.6 Å². The molecule has 1 heterocycles. The van der Waals surface area contributed by atoms with Crippen molar-refractivity contribution in [1.82, 2.24) is 4.90 Å². The quantitative estimate of drug-likeness (QED) is 0.817. The van der Waals surface area contributed by atoms with Crippen molar-refractivity contribution in [3.63, 3.8) is 0 Å². The summed E-state index contributed by atoms with van der Waals surface area (Å²) in [5, 5.41) is 0.706. The minimum Gasteiger partial charge on any atom is -0.495 e. The van der Waals surface area contributed by atoms with Crippen LogP contribution in [0.15, 0.2) is 36.4 Å². The van der Waals surface area contributed by atoms with Gasteiger partial charge < -0.3 is 14.5 Å². The molecule has 0 aromatic heterocycles. The molecule has 2 aromatic rings. The van der Waals surface area contributed by atoms with Crippen LogP contribution in [0.5, 0.6) is 5.75 Å². The second kappa shape index (κ2) is 8.00. The molecule has 0 aliphatic carbocycles. The Morgan fingerprint density at radius 2 is 1.77 bits per heavy atom. The predicted octanol–water partition coefficient (Wildman–Crippen LogP) is 3.86. The Kier molecular flexibility index (Phi) is 5.72. The van der Waals surface area contributed by atoms with Gasteiger partial charge in [0, 0.05) is 37.3 Å². The molecule has 1 fully saturated rings. The summed E-state index contributed by atoms with van der Waals surface area (Å²) in [6.45, 7) is 7.06. The molecule has 4 nitrogen and oxygen atoms in total. The SMILES string of the molecule is COc1cc(Cl)c(C)cc1N1CCN(C(=O)Cc2ccccc2C)CC1. The number of hydrogen-bond donors (Lipinski definition) is 0. The first kappa shape index (κ1) is 18.6. The molecule has 3 rings (SSSR count). The van der Waals surface area contributed by atoms with Gasteiger partial charge in [0.1, 0.15) is 5.75 Å². The van der Waals surface area contributed by atoms with Crippen molar-refractivity contribution < 1.29 is 9.53 Å². The van der Waals surface area contributed by atoms with Gasteiger partial charge in [-0.2, -0.15) is 0 Å². The average molecular weight is 373 g/mol. The number of ether oxygens (including phenoxy) is 1. The van der Waals surface area contributed by atoms with Gasteiger partial charge in [0.2, 0.25) is 5.91 Å². The van der Waals surface area contributed by atoms with Crippen molar-refractivity contribution in [3.05, 3.63) is 58.1 Å². The van der Waals surface area contributed by atoms with E-state index < -0.39 is 0 Å². The van der Waals surface area contributed by atoms with E-state index in [0.29, 0.717) is 11.4 Å². The highest BCUT2D eigenvalue weighted by Crippen LogP contribution is 2.34. The van der Waals surface area contributed by atoms with Gasteiger partial charge in [-0.1, -0.05) is 35.9 Å². The van der Waals surface area contributed by atoms with Crippen LogP contribution in [0.25, 0.3) is 0 Å². The smallest absolute Gasteiger partial charge is 0.227 e. The summed E-state index contributed by atoms with van der Waals surface area (Å²) in [5.41, 5.74) is 4.34. The molecule has 0 saturated carbocycles. The molecule has 2 aromatic carbocycles. The zero-order chi connectivity index (χ0) is 18.7. The zero-order valence-corrected chi connectivity index (χ0v) is 16.3. The molecule has 0 atom stereocenters. The van der Waals surface area contributed by atoms with Gasteiger partial charge in [-0.3, -0.25) is 4.79 Å². The fourth-order valence-electron chi connectivity index (χ4n) is 3.34. The van der Waals surface area contributed by atoms with E-state index in [-0.39, 0.29) is 5.91 Å². The highest BCUT2D eigenvalue weighted by molar-refractivity contribution is 6.31. The maximum atomic E-state index is 12.7. The molecular weight excluding hydrogens is 348 g/mol. The highest BCUT2D eigenvalue weighted by atomic mass is 35.5. The van der Waals surface area contributed by atoms with E-state index in [1.165, 1.54) is 5.56 Å². The molecule has 1 aliphatic heterocycles. The summed E-state index contributed by atoms with van der Waals surface area (Å²) in [6, 6.07) is 12.0. The lowest BCUT2D eigenvalue weighted by Gasteiger charge is -2.37. The summed E-state index contributed by atoms with van der Waals surface area (Å²) < 4.78 is 5.49.